The van der Waals surface area contributed by atoms with Gasteiger partial charge < -0.3 is 15.4 Å². The first kappa shape index (κ1) is 18.6. The van der Waals surface area contributed by atoms with E-state index in [4.69, 9.17) is 0 Å². The number of methoxy groups -OCH3 is 1. The number of benzene rings is 1. The van der Waals surface area contributed by atoms with Crippen molar-refractivity contribution in [3.63, 3.8) is 0 Å². The second-order valence-corrected chi connectivity index (χ2v) is 6.43. The van der Waals surface area contributed by atoms with E-state index in [1.54, 1.807) is 36.4 Å². The molecule has 2 aromatic rings. The molecule has 3 N–H and O–H groups in total. The van der Waals surface area contributed by atoms with Gasteiger partial charge in [-0.25, -0.2) is 9.59 Å². The molecule has 1 aromatic heterocycles. The van der Waals surface area contributed by atoms with Crippen LogP contribution in [0.5, 0.6) is 0 Å². The van der Waals surface area contributed by atoms with E-state index < -0.39 is 0 Å². The Morgan fingerprint density at radius 2 is 1.63 bits per heavy atom. The highest BCUT2D eigenvalue weighted by molar-refractivity contribution is 5.90. The summed E-state index contributed by atoms with van der Waals surface area (Å²) in [5.74, 6) is 0.525. The maximum absolute atomic E-state index is 12.0. The highest BCUT2D eigenvalue weighted by Crippen LogP contribution is 2.18. The lowest BCUT2D eigenvalue weighted by Gasteiger charge is -2.22. The summed E-state index contributed by atoms with van der Waals surface area (Å²) >= 11 is 0. The topological polar surface area (TPSA) is 105 Å². The summed E-state index contributed by atoms with van der Waals surface area (Å²) in [5.41, 5.74) is 1.23. The predicted molar refractivity (Wildman–Crippen MR) is 102 cm³/mol. The second-order valence-electron chi connectivity index (χ2n) is 6.43. The van der Waals surface area contributed by atoms with Gasteiger partial charge in [0.15, 0.2) is 11.6 Å². The molecule has 0 aliphatic heterocycles. The van der Waals surface area contributed by atoms with Crippen molar-refractivity contribution in [1.29, 1.82) is 0 Å². The molecular weight excluding hydrogens is 346 g/mol. The number of carbonyl (C=O) groups is 2. The van der Waals surface area contributed by atoms with Crippen LogP contribution in [0.1, 0.15) is 42.5 Å². The number of ether oxygens (including phenoxy) is 1. The van der Waals surface area contributed by atoms with E-state index in [0.717, 1.165) is 31.4 Å². The van der Waals surface area contributed by atoms with Gasteiger partial charge in [-0.2, -0.15) is 0 Å². The average molecular weight is 369 g/mol. The Morgan fingerprint density at radius 1 is 0.963 bits per heavy atom. The maximum atomic E-state index is 12.0. The molecule has 27 heavy (non-hydrogen) atoms. The van der Waals surface area contributed by atoms with Gasteiger partial charge in [-0.3, -0.25) is 5.32 Å². The van der Waals surface area contributed by atoms with Crippen LogP contribution in [0.15, 0.2) is 36.4 Å². The maximum Gasteiger partial charge on any atom is 0.337 e. The van der Waals surface area contributed by atoms with Crippen molar-refractivity contribution in [2.24, 2.45) is 0 Å². The van der Waals surface area contributed by atoms with Crippen LogP contribution >= 0.6 is 0 Å². The molecule has 3 rings (SSSR count). The van der Waals surface area contributed by atoms with Gasteiger partial charge in [0.2, 0.25) is 0 Å². The van der Waals surface area contributed by atoms with Crippen molar-refractivity contribution < 1.29 is 14.3 Å². The van der Waals surface area contributed by atoms with E-state index in [2.05, 4.69) is 30.9 Å². The number of hydrogen-bond donors (Lipinski definition) is 3. The van der Waals surface area contributed by atoms with Gasteiger partial charge in [0.05, 0.1) is 12.7 Å². The Labute approximate surface area is 157 Å². The first-order chi connectivity index (χ1) is 13.1. The van der Waals surface area contributed by atoms with Gasteiger partial charge in [-0.05, 0) is 49.2 Å². The first-order valence-electron chi connectivity index (χ1n) is 9.01. The summed E-state index contributed by atoms with van der Waals surface area (Å²) in [5, 5.41) is 16.8. The van der Waals surface area contributed by atoms with Crippen molar-refractivity contribution in [2.45, 2.75) is 38.1 Å². The lowest BCUT2D eigenvalue weighted by Crippen LogP contribution is -2.39. The Hall–Kier alpha value is -3.16. The van der Waals surface area contributed by atoms with Crippen molar-refractivity contribution in [3.8, 4) is 0 Å². The summed E-state index contributed by atoms with van der Waals surface area (Å²) in [6.45, 7) is 0. The molecule has 0 bridgehead atoms. The van der Waals surface area contributed by atoms with Gasteiger partial charge >= 0.3 is 12.0 Å². The number of nitrogens with zero attached hydrogens (tertiary/aromatic N) is 2. The molecule has 1 heterocycles. The molecule has 0 spiro atoms. The van der Waals surface area contributed by atoms with E-state index in [1.165, 1.54) is 13.5 Å². The van der Waals surface area contributed by atoms with Crippen molar-refractivity contribution >= 4 is 29.3 Å². The number of nitrogens with one attached hydrogen (secondary N) is 3. The number of hydrogen-bond acceptors (Lipinski definition) is 6. The molecule has 142 valence electrons. The van der Waals surface area contributed by atoms with Crippen LogP contribution in [0.4, 0.5) is 22.1 Å². The number of aromatic nitrogens is 2. The van der Waals surface area contributed by atoms with Gasteiger partial charge in [0.1, 0.15) is 0 Å². The van der Waals surface area contributed by atoms with Crippen LogP contribution in [0, 0.1) is 0 Å². The number of amides is 2. The average Bonchev–Trinajstić information content (AvgIpc) is 2.70. The minimum absolute atomic E-state index is 0.237. The molecule has 1 saturated carbocycles. The lowest BCUT2D eigenvalue weighted by atomic mass is 9.96. The van der Waals surface area contributed by atoms with Crippen LogP contribution in [0.2, 0.25) is 0 Å². The third kappa shape index (κ3) is 5.40. The van der Waals surface area contributed by atoms with E-state index in [9.17, 15) is 9.59 Å². The van der Waals surface area contributed by atoms with E-state index in [0.29, 0.717) is 17.2 Å². The molecule has 1 aromatic carbocycles. The van der Waals surface area contributed by atoms with Gasteiger partial charge in [0.25, 0.3) is 0 Å². The lowest BCUT2D eigenvalue weighted by molar-refractivity contribution is 0.0600. The zero-order valence-corrected chi connectivity index (χ0v) is 15.2. The SMILES string of the molecule is COC(=O)c1ccc(Nc2ccc(NC(=O)NC3CCCCC3)nn2)cc1. The van der Waals surface area contributed by atoms with Crippen LogP contribution in [0.3, 0.4) is 0 Å². The van der Waals surface area contributed by atoms with Crippen LogP contribution in [-0.4, -0.2) is 35.3 Å². The van der Waals surface area contributed by atoms with Crippen LogP contribution in [-0.2, 0) is 4.74 Å². The predicted octanol–water partition coefficient (Wildman–Crippen LogP) is 3.46. The minimum atomic E-state index is -0.386. The fourth-order valence-electron chi connectivity index (χ4n) is 3.01. The molecule has 0 unspecified atom stereocenters. The Morgan fingerprint density at radius 3 is 2.26 bits per heavy atom. The summed E-state index contributed by atoms with van der Waals surface area (Å²) in [4.78, 5) is 23.5. The molecule has 1 fully saturated rings. The number of esters is 1. The third-order valence-electron chi connectivity index (χ3n) is 4.42. The standard InChI is InChI=1S/C19H23N5O3/c1-27-18(25)13-7-9-15(10-8-13)20-16-11-12-17(24-23-16)22-19(26)21-14-5-3-2-4-6-14/h7-12,14H,2-6H2,1H3,(H,20,23)(H2,21,22,24,26). The monoisotopic (exact) mass is 369 g/mol. The minimum Gasteiger partial charge on any atom is -0.465 e. The third-order valence-corrected chi connectivity index (χ3v) is 4.42. The molecule has 1 aliphatic carbocycles. The number of rotatable bonds is 5. The van der Waals surface area contributed by atoms with E-state index in [-0.39, 0.29) is 18.0 Å². The first-order valence-corrected chi connectivity index (χ1v) is 9.01. The summed E-state index contributed by atoms with van der Waals surface area (Å²) < 4.78 is 4.67. The quantitative estimate of drug-likeness (QED) is 0.697. The molecule has 2 amide bonds. The normalized spacial score (nSPS) is 14.3. The van der Waals surface area contributed by atoms with E-state index >= 15 is 0 Å². The smallest absolute Gasteiger partial charge is 0.337 e. The largest absolute Gasteiger partial charge is 0.465 e. The molecule has 8 heteroatoms. The van der Waals surface area contributed by atoms with Crippen LogP contribution < -0.4 is 16.0 Å². The van der Waals surface area contributed by atoms with Gasteiger partial charge in [-0.1, -0.05) is 19.3 Å². The molecule has 8 nitrogen and oxygen atoms in total. The summed E-state index contributed by atoms with van der Waals surface area (Å²) in [6.07, 6.45) is 5.61. The Bertz CT molecular complexity index is 771. The molecule has 0 saturated heterocycles. The highest BCUT2D eigenvalue weighted by Gasteiger charge is 2.15. The number of carbonyl (C=O) groups excluding carboxylic acids is 2. The van der Waals surface area contributed by atoms with Crippen molar-refractivity contribution in [1.82, 2.24) is 15.5 Å². The number of anilines is 3. The molecule has 0 atom stereocenters. The summed E-state index contributed by atoms with van der Waals surface area (Å²) in [6, 6.07) is 10.2. The van der Waals surface area contributed by atoms with Crippen molar-refractivity contribution in [3.05, 3.63) is 42.0 Å². The van der Waals surface area contributed by atoms with E-state index in [1.807, 2.05) is 0 Å². The van der Waals surface area contributed by atoms with Gasteiger partial charge in [0, 0.05) is 11.7 Å². The zero-order chi connectivity index (χ0) is 19.1. The fraction of sp³-hybridized carbons (Fsp3) is 0.368. The van der Waals surface area contributed by atoms with Crippen LogP contribution in [0.25, 0.3) is 0 Å². The Kier molecular flexibility index (Phi) is 6.19. The fourth-order valence-corrected chi connectivity index (χ4v) is 3.01. The van der Waals surface area contributed by atoms with Gasteiger partial charge in [-0.15, -0.1) is 10.2 Å². The second kappa shape index (κ2) is 8.98. The van der Waals surface area contributed by atoms with Crippen molar-refractivity contribution in [2.75, 3.05) is 17.7 Å². The zero-order valence-electron chi connectivity index (χ0n) is 15.2. The summed E-state index contributed by atoms with van der Waals surface area (Å²) in [7, 11) is 1.34. The highest BCUT2D eigenvalue weighted by atomic mass is 16.5. The molecule has 0 radical (unpaired) electrons. The number of urea groups is 1. The molecule has 1 aliphatic rings. The molecular formula is C19H23N5O3. The Balaban J connectivity index is 1.52.